The zero-order valence-corrected chi connectivity index (χ0v) is 27.8. The molecule has 0 radical (unpaired) electrons. The molecule has 1 aliphatic rings. The lowest BCUT2D eigenvalue weighted by Gasteiger charge is -2.26. The van der Waals surface area contributed by atoms with Gasteiger partial charge in [-0.1, -0.05) is 176 Å². The van der Waals surface area contributed by atoms with Gasteiger partial charge in [0.05, 0.1) is 8.07 Å². The zero-order valence-electron chi connectivity index (χ0n) is 26.8. The first-order valence-corrected chi connectivity index (χ1v) is 20.0. The Morgan fingerprint density at radius 1 is 0.435 bits per heavy atom. The SMILES string of the molecule is C[Si](C)(C)c1cc(C2=CCCc3ccccc32)ccc1-c1c2ccccc2c(-c2ccc(-c3ccccc3)cc2)c2ccccc12. The van der Waals surface area contributed by atoms with Crippen LogP contribution in [0.15, 0.2) is 152 Å². The van der Waals surface area contributed by atoms with Crippen molar-refractivity contribution < 1.29 is 0 Å². The molecular formula is C45H38Si. The molecule has 1 heteroatoms. The maximum atomic E-state index is 2.54. The Labute approximate surface area is 273 Å². The molecule has 0 unspecified atom stereocenters. The standard InChI is InChI=1S/C45H38Si/c1-46(2,3)43-30-35(37-23-13-17-33-16-7-8-18-36(33)37)28-29-42(43)45-40-21-11-9-19-38(40)44(39-20-10-12-22-41(39)45)34-26-24-32(25-27-34)31-14-5-4-6-15-31/h4-12,14-16,18-30H,13,17H2,1-3H3. The topological polar surface area (TPSA) is 0 Å². The predicted molar refractivity (Wildman–Crippen MR) is 203 cm³/mol. The average molecular weight is 607 g/mol. The highest BCUT2D eigenvalue weighted by atomic mass is 28.3. The summed E-state index contributed by atoms with van der Waals surface area (Å²) in [4.78, 5) is 0. The van der Waals surface area contributed by atoms with Crippen molar-refractivity contribution in [3.05, 3.63) is 168 Å². The van der Waals surface area contributed by atoms with Gasteiger partial charge in [-0.2, -0.15) is 0 Å². The molecule has 0 bridgehead atoms. The van der Waals surface area contributed by atoms with Gasteiger partial charge < -0.3 is 0 Å². The van der Waals surface area contributed by atoms with Crippen LogP contribution in [-0.4, -0.2) is 8.07 Å². The van der Waals surface area contributed by atoms with Crippen molar-refractivity contribution in [2.75, 3.05) is 0 Å². The lowest BCUT2D eigenvalue weighted by atomic mass is 9.84. The summed E-state index contributed by atoms with van der Waals surface area (Å²) in [7, 11) is -1.77. The molecule has 0 fully saturated rings. The third-order valence-corrected chi connectivity index (χ3v) is 11.7. The number of rotatable bonds is 5. The van der Waals surface area contributed by atoms with E-state index in [1.165, 1.54) is 82.4 Å². The molecule has 0 spiro atoms. The van der Waals surface area contributed by atoms with Crippen molar-refractivity contribution in [2.45, 2.75) is 32.5 Å². The Bertz CT molecular complexity index is 2210. The molecule has 46 heavy (non-hydrogen) atoms. The van der Waals surface area contributed by atoms with Crippen LogP contribution in [0, 0.1) is 0 Å². The van der Waals surface area contributed by atoms with Crippen molar-refractivity contribution >= 4 is 40.4 Å². The maximum Gasteiger partial charge on any atom is 0.0784 e. The Kier molecular flexibility index (Phi) is 7.08. The quantitative estimate of drug-likeness (QED) is 0.135. The van der Waals surface area contributed by atoms with Gasteiger partial charge in [-0.15, -0.1) is 0 Å². The first-order valence-electron chi connectivity index (χ1n) is 16.5. The first kappa shape index (κ1) is 28.5. The van der Waals surface area contributed by atoms with Crippen LogP contribution in [0.5, 0.6) is 0 Å². The van der Waals surface area contributed by atoms with E-state index in [-0.39, 0.29) is 0 Å². The van der Waals surface area contributed by atoms with E-state index in [4.69, 9.17) is 0 Å². The van der Waals surface area contributed by atoms with Gasteiger partial charge >= 0.3 is 0 Å². The fourth-order valence-electron chi connectivity index (χ4n) is 7.50. The monoisotopic (exact) mass is 606 g/mol. The fourth-order valence-corrected chi connectivity index (χ4v) is 9.10. The van der Waals surface area contributed by atoms with E-state index in [1.807, 2.05) is 0 Å². The minimum atomic E-state index is -1.77. The second-order valence-corrected chi connectivity index (χ2v) is 18.6. The van der Waals surface area contributed by atoms with Crippen LogP contribution >= 0.6 is 0 Å². The lowest BCUT2D eigenvalue weighted by molar-refractivity contribution is 0.978. The number of hydrogen-bond donors (Lipinski definition) is 0. The number of fused-ring (bicyclic) bond motifs is 3. The lowest BCUT2D eigenvalue weighted by Crippen LogP contribution is -2.39. The van der Waals surface area contributed by atoms with Crippen LogP contribution in [0.2, 0.25) is 19.6 Å². The van der Waals surface area contributed by atoms with Crippen LogP contribution in [0.1, 0.15) is 23.1 Å². The maximum absolute atomic E-state index is 2.54. The van der Waals surface area contributed by atoms with E-state index in [2.05, 4.69) is 171 Å². The summed E-state index contributed by atoms with van der Waals surface area (Å²) >= 11 is 0. The first-order chi connectivity index (χ1) is 22.5. The Morgan fingerprint density at radius 2 is 0.957 bits per heavy atom. The number of hydrogen-bond acceptors (Lipinski definition) is 0. The molecule has 222 valence electrons. The molecule has 0 heterocycles. The van der Waals surface area contributed by atoms with Crippen molar-refractivity contribution in [3.8, 4) is 33.4 Å². The van der Waals surface area contributed by atoms with Crippen molar-refractivity contribution in [1.82, 2.24) is 0 Å². The minimum Gasteiger partial charge on any atom is -0.0757 e. The zero-order chi connectivity index (χ0) is 31.3. The Hall–Kier alpha value is -4.98. The molecule has 1 aliphatic carbocycles. The molecule has 7 aromatic carbocycles. The molecule has 0 saturated carbocycles. The molecular weight excluding hydrogens is 569 g/mol. The van der Waals surface area contributed by atoms with E-state index >= 15 is 0 Å². The summed E-state index contributed by atoms with van der Waals surface area (Å²) in [5.74, 6) is 0. The van der Waals surface area contributed by atoms with Crippen molar-refractivity contribution in [2.24, 2.45) is 0 Å². The van der Waals surface area contributed by atoms with Gasteiger partial charge in [0, 0.05) is 0 Å². The number of aryl methyl sites for hydroxylation is 1. The molecule has 7 aromatic rings. The fraction of sp³-hybridized carbons (Fsp3) is 0.111. The Morgan fingerprint density at radius 3 is 1.61 bits per heavy atom. The smallest absolute Gasteiger partial charge is 0.0757 e. The van der Waals surface area contributed by atoms with Gasteiger partial charge in [-0.25, -0.2) is 0 Å². The summed E-state index contributed by atoms with van der Waals surface area (Å²) in [5.41, 5.74) is 13.4. The van der Waals surface area contributed by atoms with Gasteiger partial charge in [-0.3, -0.25) is 0 Å². The largest absolute Gasteiger partial charge is 0.0784 e. The second kappa shape index (κ2) is 11.4. The van der Waals surface area contributed by atoms with Crippen molar-refractivity contribution in [1.29, 1.82) is 0 Å². The molecule has 0 aromatic heterocycles. The van der Waals surface area contributed by atoms with E-state index in [1.54, 1.807) is 0 Å². The third kappa shape index (κ3) is 4.92. The van der Waals surface area contributed by atoms with E-state index in [0.717, 1.165) is 12.8 Å². The molecule has 8 rings (SSSR count). The highest BCUT2D eigenvalue weighted by molar-refractivity contribution is 6.89. The van der Waals surface area contributed by atoms with Gasteiger partial charge in [0.25, 0.3) is 0 Å². The average Bonchev–Trinajstić information content (AvgIpc) is 3.10. The molecule has 0 amide bonds. The Balaban J connectivity index is 1.35. The molecule has 0 aliphatic heterocycles. The van der Waals surface area contributed by atoms with Crippen LogP contribution in [0.4, 0.5) is 0 Å². The summed E-state index contributed by atoms with van der Waals surface area (Å²) < 4.78 is 0. The number of allylic oxidation sites excluding steroid dienone is 1. The van der Waals surface area contributed by atoms with Crippen LogP contribution in [0.25, 0.3) is 60.5 Å². The van der Waals surface area contributed by atoms with E-state index in [9.17, 15) is 0 Å². The highest BCUT2D eigenvalue weighted by Gasteiger charge is 2.26. The van der Waals surface area contributed by atoms with Gasteiger partial charge in [0.15, 0.2) is 0 Å². The third-order valence-electron chi connectivity index (χ3n) is 9.69. The van der Waals surface area contributed by atoms with Crippen LogP contribution < -0.4 is 5.19 Å². The van der Waals surface area contributed by atoms with Crippen molar-refractivity contribution in [3.63, 3.8) is 0 Å². The van der Waals surface area contributed by atoms with E-state index < -0.39 is 8.07 Å². The van der Waals surface area contributed by atoms with Gasteiger partial charge in [0.2, 0.25) is 0 Å². The summed E-state index contributed by atoms with van der Waals surface area (Å²) in [5, 5.41) is 6.76. The van der Waals surface area contributed by atoms with Gasteiger partial charge in [0.1, 0.15) is 0 Å². The second-order valence-electron chi connectivity index (χ2n) is 13.6. The minimum absolute atomic E-state index is 1.10. The normalized spacial score (nSPS) is 13.1. The summed E-state index contributed by atoms with van der Waals surface area (Å²) in [6, 6.07) is 54.2. The van der Waals surface area contributed by atoms with Crippen LogP contribution in [-0.2, 0) is 6.42 Å². The number of benzene rings is 7. The summed E-state index contributed by atoms with van der Waals surface area (Å²) in [6.07, 6.45) is 4.67. The molecule has 0 atom stereocenters. The van der Waals surface area contributed by atoms with Crippen LogP contribution in [0.3, 0.4) is 0 Å². The predicted octanol–water partition coefficient (Wildman–Crippen LogP) is 11.9. The summed E-state index contributed by atoms with van der Waals surface area (Å²) in [6.45, 7) is 7.48. The molecule has 0 saturated heterocycles. The van der Waals surface area contributed by atoms with Gasteiger partial charge in [-0.05, 0) is 90.0 Å². The highest BCUT2D eigenvalue weighted by Crippen LogP contribution is 2.44. The molecule has 0 N–H and O–H groups in total. The molecule has 0 nitrogen and oxygen atoms in total. The van der Waals surface area contributed by atoms with E-state index in [0.29, 0.717) is 0 Å².